The molecule has 1 aromatic rings. The second-order valence-electron chi connectivity index (χ2n) is 7.34. The summed E-state index contributed by atoms with van der Waals surface area (Å²) in [6.07, 6.45) is 1.60. The summed E-state index contributed by atoms with van der Waals surface area (Å²) in [6, 6.07) is 3.55. The summed E-state index contributed by atoms with van der Waals surface area (Å²) in [6.45, 7) is 7.55. The maximum atomic E-state index is 12.9. The number of fused-ring (bicyclic) bond motifs is 1. The fraction of sp³-hybridized carbons (Fsp3) is 0.524. The molecule has 162 valence electrons. The molecule has 0 spiro atoms. The molecule has 9 nitrogen and oxygen atoms in total. The highest BCUT2D eigenvalue weighted by atomic mass is 16.6. The average Bonchev–Trinajstić information content (AvgIpc) is 3.06. The number of esters is 1. The number of benzene rings is 1. The number of carbonyl (C=O) groups excluding carboxylic acids is 2. The van der Waals surface area contributed by atoms with E-state index in [9.17, 15) is 19.7 Å². The van der Waals surface area contributed by atoms with E-state index in [1.165, 1.54) is 30.0 Å². The zero-order chi connectivity index (χ0) is 22.1. The molecule has 1 amide bonds. The summed E-state index contributed by atoms with van der Waals surface area (Å²) in [5, 5.41) is 11.4. The molecule has 0 N–H and O–H groups in total. The van der Waals surface area contributed by atoms with Crippen molar-refractivity contribution >= 4 is 17.6 Å². The predicted octanol–water partition coefficient (Wildman–Crippen LogP) is 3.28. The van der Waals surface area contributed by atoms with Gasteiger partial charge in [-0.15, -0.1) is 0 Å². The number of non-ortho nitro benzene ring substituents is 1. The van der Waals surface area contributed by atoms with Crippen molar-refractivity contribution < 1.29 is 28.7 Å². The fourth-order valence-electron chi connectivity index (χ4n) is 4.20. The second-order valence-corrected chi connectivity index (χ2v) is 7.34. The first-order valence-electron chi connectivity index (χ1n) is 10.0. The van der Waals surface area contributed by atoms with Gasteiger partial charge in [-0.25, -0.2) is 0 Å². The Kier molecular flexibility index (Phi) is 6.00. The van der Waals surface area contributed by atoms with Crippen molar-refractivity contribution in [1.82, 2.24) is 4.90 Å². The van der Waals surface area contributed by atoms with Crippen LogP contribution in [0.2, 0.25) is 0 Å². The zero-order valence-electron chi connectivity index (χ0n) is 17.5. The van der Waals surface area contributed by atoms with Crippen molar-refractivity contribution in [3.05, 3.63) is 45.7 Å². The van der Waals surface area contributed by atoms with Gasteiger partial charge in [-0.3, -0.25) is 19.7 Å². The quantitative estimate of drug-likeness (QED) is 0.380. The molecule has 3 rings (SSSR count). The normalized spacial score (nSPS) is 22.1. The number of amides is 1. The minimum absolute atomic E-state index is 0.131. The van der Waals surface area contributed by atoms with E-state index in [0.717, 1.165) is 0 Å². The van der Waals surface area contributed by atoms with Crippen molar-refractivity contribution in [1.29, 1.82) is 0 Å². The Labute approximate surface area is 174 Å². The molecule has 0 unspecified atom stereocenters. The summed E-state index contributed by atoms with van der Waals surface area (Å²) in [5.41, 5.74) is -0.574. The molecule has 30 heavy (non-hydrogen) atoms. The monoisotopic (exact) mass is 418 g/mol. The Morgan fingerprint density at radius 1 is 1.33 bits per heavy atom. The zero-order valence-corrected chi connectivity index (χ0v) is 17.5. The van der Waals surface area contributed by atoms with Crippen molar-refractivity contribution in [3.8, 4) is 5.75 Å². The Balaban J connectivity index is 2.17. The largest absolute Gasteiger partial charge is 0.496 e. The second kappa shape index (κ2) is 8.33. The maximum Gasteiger partial charge on any atom is 0.303 e. The molecule has 2 aliphatic rings. The minimum atomic E-state index is -0.881. The lowest BCUT2D eigenvalue weighted by Gasteiger charge is -2.49. The molecule has 0 fully saturated rings. The van der Waals surface area contributed by atoms with Crippen molar-refractivity contribution in [3.63, 3.8) is 0 Å². The van der Waals surface area contributed by atoms with Crippen LogP contribution in [0.25, 0.3) is 0 Å². The Hall–Kier alpha value is -3.10. The van der Waals surface area contributed by atoms with Gasteiger partial charge in [0.25, 0.3) is 11.6 Å². The highest BCUT2D eigenvalue weighted by Gasteiger charge is 2.54. The van der Waals surface area contributed by atoms with Crippen LogP contribution < -0.4 is 4.74 Å². The first-order chi connectivity index (χ1) is 14.3. The molecule has 2 heterocycles. The van der Waals surface area contributed by atoms with Gasteiger partial charge in [0.1, 0.15) is 23.2 Å². The van der Waals surface area contributed by atoms with E-state index in [0.29, 0.717) is 36.5 Å². The number of carbonyl (C=O) groups is 2. The van der Waals surface area contributed by atoms with Crippen LogP contribution in [0, 0.1) is 10.1 Å². The Bertz CT molecular complexity index is 891. The van der Waals surface area contributed by atoms with Crippen molar-refractivity contribution in [2.45, 2.75) is 58.3 Å². The van der Waals surface area contributed by atoms with Crippen LogP contribution in [0.3, 0.4) is 0 Å². The first-order valence-corrected chi connectivity index (χ1v) is 10.0. The number of nitro groups is 1. The molecular weight excluding hydrogens is 392 g/mol. The van der Waals surface area contributed by atoms with Gasteiger partial charge in [0.05, 0.1) is 18.1 Å². The number of hydrogen-bond donors (Lipinski definition) is 0. The predicted molar refractivity (Wildman–Crippen MR) is 107 cm³/mol. The summed E-state index contributed by atoms with van der Waals surface area (Å²) >= 11 is 0. The van der Waals surface area contributed by atoms with Crippen LogP contribution in [-0.2, 0) is 19.1 Å². The lowest BCUT2D eigenvalue weighted by molar-refractivity contribution is -0.385. The van der Waals surface area contributed by atoms with Crippen molar-refractivity contribution in [2.24, 2.45) is 0 Å². The molecule has 0 aromatic heterocycles. The Morgan fingerprint density at radius 3 is 2.60 bits per heavy atom. The lowest BCUT2D eigenvalue weighted by atomic mass is 9.79. The molecule has 2 aliphatic heterocycles. The summed E-state index contributed by atoms with van der Waals surface area (Å²) in [4.78, 5) is 37.3. The smallest absolute Gasteiger partial charge is 0.303 e. The van der Waals surface area contributed by atoms with Gasteiger partial charge >= 0.3 is 5.97 Å². The van der Waals surface area contributed by atoms with Crippen molar-refractivity contribution in [2.75, 3.05) is 13.2 Å². The lowest BCUT2D eigenvalue weighted by Crippen LogP contribution is -2.58. The number of nitro benzene ring substituents is 1. The molecule has 2 atom stereocenters. The molecule has 0 saturated carbocycles. The molecule has 0 radical (unpaired) electrons. The third-order valence-corrected chi connectivity index (χ3v) is 5.69. The molecule has 0 saturated heterocycles. The van der Waals surface area contributed by atoms with Gasteiger partial charge in [0.2, 0.25) is 0 Å². The number of hydrogen-bond acceptors (Lipinski definition) is 7. The van der Waals surface area contributed by atoms with Crippen LogP contribution in [0.1, 0.15) is 52.1 Å². The van der Waals surface area contributed by atoms with Gasteiger partial charge in [0, 0.05) is 30.7 Å². The van der Waals surface area contributed by atoms with E-state index in [1.807, 2.05) is 20.8 Å². The number of ether oxygens (including phenoxy) is 3. The number of rotatable bonds is 7. The fourth-order valence-corrected chi connectivity index (χ4v) is 4.20. The first kappa shape index (κ1) is 21.6. The van der Waals surface area contributed by atoms with Crippen LogP contribution >= 0.6 is 0 Å². The Morgan fingerprint density at radius 2 is 2.03 bits per heavy atom. The highest BCUT2D eigenvalue weighted by Crippen LogP contribution is 2.49. The summed E-state index contributed by atoms with van der Waals surface area (Å²) < 4.78 is 17.5. The molecule has 1 aromatic carbocycles. The van der Waals surface area contributed by atoms with E-state index in [1.54, 1.807) is 6.07 Å². The minimum Gasteiger partial charge on any atom is -0.496 e. The molecule has 0 aliphatic carbocycles. The molecule has 9 heteroatoms. The topological polar surface area (TPSA) is 108 Å². The van der Waals surface area contributed by atoms with Crippen LogP contribution in [-0.4, -0.2) is 46.6 Å². The molecular formula is C21H26N2O7. The van der Waals surface area contributed by atoms with E-state index in [-0.39, 0.29) is 18.1 Å². The standard InChI is InChI=1S/C21H26N2O7/c1-5-21(6-2)20(29-13(4)24)19(22-12-15(28-7-3)11-18(22)25)16-10-14(23(26)27)8-9-17(16)30-21/h8-11,19-20H,5-7,12H2,1-4H3/t19-,20+/m0/s1. The van der Waals surface area contributed by atoms with E-state index in [4.69, 9.17) is 14.2 Å². The van der Waals surface area contributed by atoms with Crippen LogP contribution in [0.4, 0.5) is 5.69 Å². The van der Waals surface area contributed by atoms with E-state index < -0.39 is 28.6 Å². The molecule has 0 bridgehead atoms. The van der Waals surface area contributed by atoms with Gasteiger partial charge in [0.15, 0.2) is 6.10 Å². The maximum absolute atomic E-state index is 12.9. The van der Waals surface area contributed by atoms with E-state index >= 15 is 0 Å². The number of nitrogens with zero attached hydrogens (tertiary/aromatic N) is 2. The summed E-state index contributed by atoms with van der Waals surface area (Å²) in [7, 11) is 0. The van der Waals surface area contributed by atoms with E-state index in [2.05, 4.69) is 0 Å². The third kappa shape index (κ3) is 3.71. The van der Waals surface area contributed by atoms with Gasteiger partial charge in [-0.2, -0.15) is 0 Å². The third-order valence-electron chi connectivity index (χ3n) is 5.69. The van der Waals surface area contributed by atoms with Crippen LogP contribution in [0.5, 0.6) is 5.75 Å². The SMILES string of the molecule is CCOC1=CC(=O)N([C@H]2c3cc([N+](=O)[O-])ccc3OC(CC)(CC)[C@@H]2OC(C)=O)C1. The average molecular weight is 418 g/mol. The highest BCUT2D eigenvalue weighted by molar-refractivity contribution is 5.91. The summed E-state index contributed by atoms with van der Waals surface area (Å²) in [5.74, 6) is 0.121. The van der Waals surface area contributed by atoms with Gasteiger partial charge < -0.3 is 19.1 Å². The van der Waals surface area contributed by atoms with Gasteiger partial charge in [-0.05, 0) is 25.8 Å². The van der Waals surface area contributed by atoms with Gasteiger partial charge in [-0.1, -0.05) is 13.8 Å². The van der Waals surface area contributed by atoms with Crippen LogP contribution in [0.15, 0.2) is 30.0 Å².